The van der Waals surface area contributed by atoms with Crippen LogP contribution in [0.2, 0.25) is 0 Å². The van der Waals surface area contributed by atoms with Crippen LogP contribution in [-0.4, -0.2) is 68.3 Å². The first-order valence-corrected chi connectivity index (χ1v) is 11.9. The minimum absolute atomic E-state index is 0.0238. The summed E-state index contributed by atoms with van der Waals surface area (Å²) < 4.78 is 29.7. The van der Waals surface area contributed by atoms with Crippen molar-refractivity contribution >= 4 is 11.6 Å². The van der Waals surface area contributed by atoms with Crippen molar-refractivity contribution in [2.75, 3.05) is 44.2 Å². The SMILES string of the molecule is N#Cc1ccc(N2CCN(CC3CC(F)C4C(C3)NC(=O)C3CCCNC34)CC2)c(F)c1. The predicted octanol–water partition coefficient (Wildman–Crippen LogP) is 2.05. The van der Waals surface area contributed by atoms with Crippen molar-refractivity contribution in [2.24, 2.45) is 17.8 Å². The minimum atomic E-state index is -0.897. The van der Waals surface area contributed by atoms with Crippen molar-refractivity contribution in [3.8, 4) is 6.07 Å². The van der Waals surface area contributed by atoms with Crippen LogP contribution in [0.15, 0.2) is 18.2 Å². The van der Waals surface area contributed by atoms with Crippen LogP contribution in [0.1, 0.15) is 31.2 Å². The molecule has 8 heteroatoms. The summed E-state index contributed by atoms with van der Waals surface area (Å²) in [5.41, 5.74) is 0.859. The molecule has 0 spiro atoms. The molecule has 6 nitrogen and oxygen atoms in total. The largest absolute Gasteiger partial charge is 0.367 e. The molecule has 172 valence electrons. The van der Waals surface area contributed by atoms with Crippen LogP contribution < -0.4 is 15.5 Å². The van der Waals surface area contributed by atoms with Crippen molar-refractivity contribution < 1.29 is 13.6 Å². The summed E-state index contributed by atoms with van der Waals surface area (Å²) >= 11 is 0. The lowest BCUT2D eigenvalue weighted by molar-refractivity contribution is -0.135. The number of hydrogen-bond acceptors (Lipinski definition) is 5. The number of rotatable bonds is 3. The van der Waals surface area contributed by atoms with Crippen LogP contribution in [0.25, 0.3) is 0 Å². The van der Waals surface area contributed by atoms with Crippen molar-refractivity contribution in [1.82, 2.24) is 15.5 Å². The third-order valence-corrected chi connectivity index (χ3v) is 7.92. The number of halogens is 2. The third kappa shape index (κ3) is 4.08. The summed E-state index contributed by atoms with van der Waals surface area (Å²) in [4.78, 5) is 16.9. The van der Waals surface area contributed by atoms with Gasteiger partial charge in [-0.3, -0.25) is 9.69 Å². The average molecular weight is 444 g/mol. The zero-order valence-electron chi connectivity index (χ0n) is 18.3. The van der Waals surface area contributed by atoms with Gasteiger partial charge in [0.15, 0.2) is 0 Å². The van der Waals surface area contributed by atoms with E-state index >= 15 is 4.39 Å². The molecule has 4 aliphatic rings. The number of piperazine rings is 1. The van der Waals surface area contributed by atoms with Crippen molar-refractivity contribution in [3.63, 3.8) is 0 Å². The van der Waals surface area contributed by atoms with Gasteiger partial charge in [0.05, 0.1) is 23.2 Å². The second kappa shape index (κ2) is 8.95. The zero-order valence-corrected chi connectivity index (χ0v) is 18.3. The van der Waals surface area contributed by atoms with E-state index in [0.29, 0.717) is 30.8 Å². The Morgan fingerprint density at radius 1 is 1.19 bits per heavy atom. The molecule has 0 radical (unpaired) electrons. The number of hydrogen-bond donors (Lipinski definition) is 2. The van der Waals surface area contributed by atoms with E-state index < -0.39 is 6.17 Å². The van der Waals surface area contributed by atoms with Gasteiger partial charge >= 0.3 is 0 Å². The Morgan fingerprint density at radius 3 is 2.75 bits per heavy atom. The number of fused-ring (bicyclic) bond motifs is 3. The quantitative estimate of drug-likeness (QED) is 0.748. The highest BCUT2D eigenvalue weighted by molar-refractivity contribution is 5.81. The number of anilines is 1. The summed E-state index contributed by atoms with van der Waals surface area (Å²) in [6.07, 6.45) is 2.31. The van der Waals surface area contributed by atoms with Crippen molar-refractivity contribution in [1.29, 1.82) is 5.26 Å². The monoisotopic (exact) mass is 443 g/mol. The number of benzene rings is 1. The van der Waals surface area contributed by atoms with Gasteiger partial charge in [-0.05, 0) is 56.3 Å². The minimum Gasteiger partial charge on any atom is -0.367 e. The molecule has 1 aliphatic carbocycles. The lowest BCUT2D eigenvalue weighted by atomic mass is 9.66. The molecule has 0 aromatic heterocycles. The lowest BCUT2D eigenvalue weighted by Gasteiger charge is -2.51. The maximum Gasteiger partial charge on any atom is 0.224 e. The van der Waals surface area contributed by atoms with Gasteiger partial charge < -0.3 is 15.5 Å². The van der Waals surface area contributed by atoms with Gasteiger partial charge in [-0.15, -0.1) is 0 Å². The molecule has 3 heterocycles. The van der Waals surface area contributed by atoms with E-state index in [0.717, 1.165) is 45.4 Å². The number of amides is 1. The Bertz CT molecular complexity index is 897. The molecule has 6 atom stereocenters. The summed E-state index contributed by atoms with van der Waals surface area (Å²) in [5, 5.41) is 15.5. The number of alkyl halides is 1. The third-order valence-electron chi connectivity index (χ3n) is 7.92. The molecule has 32 heavy (non-hydrogen) atoms. The molecule has 1 aromatic rings. The Hall–Kier alpha value is -2.24. The molecule has 5 rings (SSSR count). The standard InChI is InChI=1S/C24H31F2N5O/c25-18-10-15(13-27)3-4-21(18)31-8-6-30(7-9-31)14-16-11-19(26)22-20(12-16)29-24(32)17-2-1-5-28-23(17)22/h3-4,10,16-17,19-20,22-23,28H,1-2,5-9,11-12,14H2,(H,29,32). The molecule has 3 saturated heterocycles. The van der Waals surface area contributed by atoms with Gasteiger partial charge in [-0.2, -0.15) is 5.26 Å². The van der Waals surface area contributed by atoms with Crippen LogP contribution in [0.3, 0.4) is 0 Å². The smallest absolute Gasteiger partial charge is 0.224 e. The van der Waals surface area contributed by atoms with E-state index in [-0.39, 0.29) is 41.6 Å². The first-order chi connectivity index (χ1) is 15.5. The fourth-order valence-corrected chi connectivity index (χ4v) is 6.39. The molecule has 3 aliphatic heterocycles. The molecule has 1 amide bonds. The molecular weight excluding hydrogens is 412 g/mol. The summed E-state index contributed by atoms with van der Waals surface area (Å²) in [6.45, 7) is 4.66. The van der Waals surface area contributed by atoms with Gasteiger partial charge in [0, 0.05) is 50.7 Å². The maximum atomic E-state index is 15.3. The van der Waals surface area contributed by atoms with Gasteiger partial charge in [0.25, 0.3) is 0 Å². The average Bonchev–Trinajstić information content (AvgIpc) is 2.79. The molecule has 1 aromatic carbocycles. The van der Waals surface area contributed by atoms with Gasteiger partial charge in [0.2, 0.25) is 5.91 Å². The second-order valence-electron chi connectivity index (χ2n) is 9.84. The summed E-state index contributed by atoms with van der Waals surface area (Å²) in [5.74, 6) is -0.265. The van der Waals surface area contributed by atoms with E-state index in [4.69, 9.17) is 5.26 Å². The molecule has 0 bridgehead atoms. The Morgan fingerprint density at radius 2 is 2.00 bits per heavy atom. The zero-order chi connectivity index (χ0) is 22.2. The molecular formula is C24H31F2N5O. The van der Waals surface area contributed by atoms with Gasteiger partial charge in [-0.1, -0.05) is 0 Å². The van der Waals surface area contributed by atoms with Crippen LogP contribution in [-0.2, 0) is 4.79 Å². The molecule has 2 N–H and O–H groups in total. The van der Waals surface area contributed by atoms with E-state index in [1.54, 1.807) is 12.1 Å². The number of carbonyl (C=O) groups is 1. The van der Waals surface area contributed by atoms with E-state index in [1.807, 2.05) is 11.0 Å². The van der Waals surface area contributed by atoms with Crippen molar-refractivity contribution in [2.45, 2.75) is 43.9 Å². The van der Waals surface area contributed by atoms with Gasteiger partial charge in [-0.25, -0.2) is 8.78 Å². The van der Waals surface area contributed by atoms with Crippen LogP contribution >= 0.6 is 0 Å². The highest BCUT2D eigenvalue weighted by Gasteiger charge is 2.51. The van der Waals surface area contributed by atoms with E-state index in [1.165, 1.54) is 6.07 Å². The summed E-state index contributed by atoms with van der Waals surface area (Å²) in [7, 11) is 0. The first kappa shape index (κ1) is 21.6. The normalized spacial score (nSPS) is 35.4. The molecule has 1 saturated carbocycles. The van der Waals surface area contributed by atoms with Gasteiger partial charge in [0.1, 0.15) is 12.0 Å². The first-order valence-electron chi connectivity index (χ1n) is 11.9. The Balaban J connectivity index is 1.17. The Labute approximate surface area is 187 Å². The van der Waals surface area contributed by atoms with E-state index in [9.17, 15) is 9.18 Å². The number of piperidine rings is 2. The number of nitriles is 1. The lowest BCUT2D eigenvalue weighted by Crippen LogP contribution is -2.67. The van der Waals surface area contributed by atoms with Crippen LogP contribution in [0.5, 0.6) is 0 Å². The summed E-state index contributed by atoms with van der Waals surface area (Å²) in [6, 6.07) is 6.46. The molecule has 4 fully saturated rings. The maximum absolute atomic E-state index is 15.3. The highest BCUT2D eigenvalue weighted by Crippen LogP contribution is 2.40. The second-order valence-corrected chi connectivity index (χ2v) is 9.84. The van der Waals surface area contributed by atoms with Crippen LogP contribution in [0.4, 0.5) is 14.5 Å². The number of nitrogens with zero attached hydrogens (tertiary/aromatic N) is 3. The highest BCUT2D eigenvalue weighted by atomic mass is 19.1. The predicted molar refractivity (Wildman–Crippen MR) is 117 cm³/mol. The fraction of sp³-hybridized carbons (Fsp3) is 0.667. The molecule has 6 unspecified atom stereocenters. The van der Waals surface area contributed by atoms with E-state index in [2.05, 4.69) is 15.5 Å². The Kier molecular flexibility index (Phi) is 6.04. The fourth-order valence-electron chi connectivity index (χ4n) is 6.39. The van der Waals surface area contributed by atoms with Crippen molar-refractivity contribution in [3.05, 3.63) is 29.6 Å². The number of carbonyl (C=O) groups excluding carboxylic acids is 1. The number of nitrogens with one attached hydrogen (secondary N) is 2. The van der Waals surface area contributed by atoms with Crippen LogP contribution in [0, 0.1) is 34.9 Å². The topological polar surface area (TPSA) is 71.4 Å².